The van der Waals surface area contributed by atoms with Gasteiger partial charge in [0.15, 0.2) is 6.29 Å². The lowest BCUT2D eigenvalue weighted by atomic mass is 9.90. The van der Waals surface area contributed by atoms with E-state index >= 15 is 0 Å². The van der Waals surface area contributed by atoms with Crippen LogP contribution in [0.4, 0.5) is 5.69 Å². The van der Waals surface area contributed by atoms with E-state index in [0.717, 1.165) is 11.9 Å². The summed E-state index contributed by atoms with van der Waals surface area (Å²) in [5.74, 6) is 0.300. The van der Waals surface area contributed by atoms with Crippen LogP contribution in [0.3, 0.4) is 0 Å². The first kappa shape index (κ1) is 25.2. The second-order valence-corrected chi connectivity index (χ2v) is 8.30. The number of carbonyl (C=O) groups excluding carboxylic acids is 1. The molecule has 0 unspecified atom stereocenters. The third-order valence-corrected chi connectivity index (χ3v) is 6.24. The van der Waals surface area contributed by atoms with Crippen LogP contribution in [-0.4, -0.2) is 61.9 Å². The predicted molar refractivity (Wildman–Crippen MR) is 139 cm³/mol. The Balaban J connectivity index is 2.13. The molecule has 180 valence electrons. The number of hydrogen-bond donors (Lipinski definition) is 4. The van der Waals surface area contributed by atoms with E-state index in [0.29, 0.717) is 66.1 Å². The van der Waals surface area contributed by atoms with E-state index in [-0.39, 0.29) is 17.2 Å². The van der Waals surface area contributed by atoms with Crippen molar-refractivity contribution in [1.82, 2.24) is 4.90 Å². The monoisotopic (exact) mass is 471 g/mol. The van der Waals surface area contributed by atoms with Gasteiger partial charge >= 0.3 is 0 Å². The van der Waals surface area contributed by atoms with Crippen LogP contribution in [0.15, 0.2) is 41.4 Å². The molecule has 0 radical (unpaired) electrons. The van der Waals surface area contributed by atoms with Crippen molar-refractivity contribution in [2.24, 2.45) is 16.6 Å². The summed E-state index contributed by atoms with van der Waals surface area (Å²) in [6, 6.07) is 10.8. The Bertz CT molecular complexity index is 1230. The molecule has 0 saturated carbocycles. The number of nitrogens with two attached hydrogens (primary N) is 1. The molecule has 35 heavy (non-hydrogen) atoms. The number of carbonyl (C=O) groups is 1. The molecule has 0 aromatic heterocycles. The van der Waals surface area contributed by atoms with E-state index in [1.807, 2.05) is 6.07 Å². The fourth-order valence-electron chi connectivity index (χ4n) is 4.30. The van der Waals surface area contributed by atoms with E-state index in [4.69, 9.17) is 16.6 Å². The van der Waals surface area contributed by atoms with Gasteiger partial charge in [-0.15, -0.1) is 0 Å². The second-order valence-electron chi connectivity index (χ2n) is 8.30. The first-order chi connectivity index (χ1) is 16.9. The van der Waals surface area contributed by atoms with Crippen LogP contribution in [0.1, 0.15) is 34.3 Å². The first-order valence-electron chi connectivity index (χ1n) is 11.2. The minimum atomic E-state index is -0.108. The fraction of sp³-hybridized carbons (Fsp3) is 0.269. The molecule has 0 bridgehead atoms. The van der Waals surface area contributed by atoms with Gasteiger partial charge < -0.3 is 20.6 Å². The molecule has 0 amide bonds. The van der Waals surface area contributed by atoms with Crippen molar-refractivity contribution < 1.29 is 9.90 Å². The van der Waals surface area contributed by atoms with Gasteiger partial charge in [-0.3, -0.25) is 20.6 Å². The van der Waals surface area contributed by atoms with Gasteiger partial charge in [-0.05, 0) is 36.6 Å². The van der Waals surface area contributed by atoms with E-state index in [9.17, 15) is 15.2 Å². The van der Waals surface area contributed by atoms with Crippen LogP contribution < -0.4 is 10.6 Å². The Morgan fingerprint density at radius 2 is 2.03 bits per heavy atom. The van der Waals surface area contributed by atoms with Crippen LogP contribution in [-0.2, 0) is 0 Å². The molecule has 3 rings (SSSR count). The summed E-state index contributed by atoms with van der Waals surface area (Å²) < 4.78 is 0. The number of rotatable bonds is 7. The zero-order valence-electron chi connectivity index (χ0n) is 19.8. The third-order valence-electron chi connectivity index (χ3n) is 6.24. The summed E-state index contributed by atoms with van der Waals surface area (Å²) in [6.45, 7) is 1.20. The van der Waals surface area contributed by atoms with Gasteiger partial charge in [0.2, 0.25) is 0 Å². The molecule has 2 aromatic rings. The Morgan fingerprint density at radius 1 is 1.31 bits per heavy atom. The average Bonchev–Trinajstić information content (AvgIpc) is 2.90. The SMILES string of the molecule is CN=CC=C(N)c1ccc(-c2ccc(O)c(C=O)c2)c(N2CCC(C(=N)N(C)C=N)CC2)c1C#N. The van der Waals surface area contributed by atoms with E-state index in [1.54, 1.807) is 44.6 Å². The summed E-state index contributed by atoms with van der Waals surface area (Å²) in [5, 5.41) is 35.9. The first-order valence-corrected chi connectivity index (χ1v) is 11.2. The highest BCUT2D eigenvalue weighted by molar-refractivity contribution is 5.93. The van der Waals surface area contributed by atoms with E-state index in [1.165, 1.54) is 11.0 Å². The Morgan fingerprint density at radius 3 is 2.63 bits per heavy atom. The van der Waals surface area contributed by atoms with Gasteiger partial charge in [-0.2, -0.15) is 5.26 Å². The number of aldehydes is 1. The summed E-state index contributed by atoms with van der Waals surface area (Å²) in [4.78, 5) is 19.0. The number of phenolic OH excluding ortho intramolecular Hbond substituents is 1. The van der Waals surface area contributed by atoms with Gasteiger partial charge in [-0.25, -0.2) is 0 Å². The zero-order chi connectivity index (χ0) is 25.5. The number of anilines is 1. The number of phenols is 1. The Labute approximate surface area is 204 Å². The molecule has 1 heterocycles. The molecular weight excluding hydrogens is 442 g/mol. The maximum Gasteiger partial charge on any atom is 0.153 e. The van der Waals surface area contributed by atoms with Crippen molar-refractivity contribution in [2.45, 2.75) is 12.8 Å². The molecule has 1 fully saturated rings. The third kappa shape index (κ3) is 5.22. The van der Waals surface area contributed by atoms with Crippen LogP contribution in [0.2, 0.25) is 0 Å². The molecule has 9 heteroatoms. The molecule has 5 N–H and O–H groups in total. The number of allylic oxidation sites excluding steroid dienone is 1. The van der Waals surface area contributed by atoms with Gasteiger partial charge in [-0.1, -0.05) is 18.2 Å². The van der Waals surface area contributed by atoms with Crippen LogP contribution in [0.5, 0.6) is 5.75 Å². The fourth-order valence-corrected chi connectivity index (χ4v) is 4.30. The van der Waals surface area contributed by atoms with Crippen molar-refractivity contribution in [3.05, 3.63) is 53.1 Å². The highest BCUT2D eigenvalue weighted by Crippen LogP contribution is 2.40. The summed E-state index contributed by atoms with van der Waals surface area (Å²) >= 11 is 0. The summed E-state index contributed by atoms with van der Waals surface area (Å²) in [7, 11) is 3.33. The minimum Gasteiger partial charge on any atom is -0.507 e. The lowest BCUT2D eigenvalue weighted by Crippen LogP contribution is -2.41. The number of nitrogens with one attached hydrogen (secondary N) is 2. The zero-order valence-corrected chi connectivity index (χ0v) is 19.8. The number of aliphatic imine (C=N–C) groups is 1. The lowest BCUT2D eigenvalue weighted by molar-refractivity contribution is 0.112. The second kappa shape index (κ2) is 11.1. The van der Waals surface area contributed by atoms with Crippen molar-refractivity contribution in [3.8, 4) is 22.9 Å². The standard InChI is InChI=1S/C26H29N7O2/c1-31-10-7-23(29)21-5-4-20(18-3-6-24(35)19(13-18)15-34)25(22(21)14-27)33-11-8-17(9-12-33)26(30)32(2)16-28/h3-7,10,13,15-17,28,30,35H,8-9,11-12,29H2,1-2H3. The molecule has 2 aromatic carbocycles. The van der Waals surface area contributed by atoms with Gasteiger partial charge in [0.05, 0.1) is 23.2 Å². The molecule has 1 aliphatic rings. The highest BCUT2D eigenvalue weighted by Gasteiger charge is 2.28. The summed E-state index contributed by atoms with van der Waals surface area (Å²) in [5.41, 5.74) is 9.98. The van der Waals surface area contributed by atoms with Gasteiger partial charge in [0.25, 0.3) is 0 Å². The highest BCUT2D eigenvalue weighted by atomic mass is 16.3. The van der Waals surface area contributed by atoms with Crippen LogP contribution in [0, 0.1) is 28.1 Å². The largest absolute Gasteiger partial charge is 0.507 e. The molecule has 1 aliphatic heterocycles. The normalized spacial score (nSPS) is 14.5. The molecular formula is C26H29N7O2. The van der Waals surface area contributed by atoms with Crippen LogP contribution >= 0.6 is 0 Å². The van der Waals surface area contributed by atoms with Crippen molar-refractivity contribution in [1.29, 1.82) is 16.1 Å². The lowest BCUT2D eigenvalue weighted by Gasteiger charge is -2.37. The number of piperidine rings is 1. The predicted octanol–water partition coefficient (Wildman–Crippen LogP) is 3.48. The maximum absolute atomic E-state index is 11.4. The number of nitrogens with zero attached hydrogens (tertiary/aromatic N) is 4. The minimum absolute atomic E-state index is 0.0103. The van der Waals surface area contributed by atoms with Crippen molar-refractivity contribution >= 4 is 36.1 Å². The number of aromatic hydroxyl groups is 1. The van der Waals surface area contributed by atoms with Gasteiger partial charge in [0, 0.05) is 56.1 Å². The quantitative estimate of drug-likeness (QED) is 0.275. The van der Waals surface area contributed by atoms with Gasteiger partial charge in [0.1, 0.15) is 17.7 Å². The Hall–Kier alpha value is -4.45. The van der Waals surface area contributed by atoms with Crippen molar-refractivity contribution in [3.63, 3.8) is 0 Å². The van der Waals surface area contributed by atoms with Crippen LogP contribution in [0.25, 0.3) is 16.8 Å². The number of hydrogen-bond acceptors (Lipinski definition) is 8. The van der Waals surface area contributed by atoms with E-state index in [2.05, 4.69) is 16.0 Å². The summed E-state index contributed by atoms with van der Waals surface area (Å²) in [6.07, 6.45) is 6.32. The molecule has 0 spiro atoms. The smallest absolute Gasteiger partial charge is 0.153 e. The maximum atomic E-state index is 11.4. The Kier molecular flexibility index (Phi) is 8.00. The number of nitriles is 1. The van der Waals surface area contributed by atoms with Crippen molar-refractivity contribution in [2.75, 3.05) is 32.1 Å². The molecule has 1 saturated heterocycles. The van der Waals surface area contributed by atoms with E-state index < -0.39 is 0 Å². The molecule has 9 nitrogen and oxygen atoms in total. The number of benzene rings is 2. The average molecular weight is 472 g/mol. The molecule has 0 aliphatic carbocycles. The number of amidine groups is 1. The topological polar surface area (TPSA) is 154 Å². The molecule has 0 atom stereocenters.